The highest BCUT2D eigenvalue weighted by atomic mass is 35.5. The molecule has 1 heterocycles. The lowest BCUT2D eigenvalue weighted by Gasteiger charge is -2.47. The average molecular weight is 520 g/mol. The maximum atomic E-state index is 13.1. The number of fused-ring (bicyclic) bond motifs is 1. The third-order valence-electron chi connectivity index (χ3n) is 7.89. The van der Waals surface area contributed by atoms with Crippen molar-refractivity contribution in [3.63, 3.8) is 0 Å². The van der Waals surface area contributed by atoms with E-state index in [1.165, 1.54) is 5.56 Å². The number of hydrogen-bond donors (Lipinski definition) is 1. The van der Waals surface area contributed by atoms with E-state index in [-0.39, 0.29) is 35.1 Å². The van der Waals surface area contributed by atoms with Crippen molar-refractivity contribution in [3.05, 3.63) is 63.6 Å². The Kier molecular flexibility index (Phi) is 8.64. The fourth-order valence-electron chi connectivity index (χ4n) is 6.26. The molecular formula is C28H35Cl2NO4. The van der Waals surface area contributed by atoms with Gasteiger partial charge in [0.1, 0.15) is 12.4 Å². The molecule has 1 aliphatic carbocycles. The molecule has 35 heavy (non-hydrogen) atoms. The summed E-state index contributed by atoms with van der Waals surface area (Å²) < 4.78 is 16.3. The zero-order valence-electron chi connectivity index (χ0n) is 20.7. The molecule has 1 saturated carbocycles. The van der Waals surface area contributed by atoms with Gasteiger partial charge in [-0.15, -0.1) is 0 Å². The number of nitrogens with one attached hydrogen (secondary N) is 1. The van der Waals surface area contributed by atoms with Gasteiger partial charge >= 0.3 is 0 Å². The second-order valence-corrected chi connectivity index (χ2v) is 10.5. The minimum atomic E-state index is -0.349. The first-order valence-electron chi connectivity index (χ1n) is 12.5. The topological polar surface area (TPSA) is 56.8 Å². The van der Waals surface area contributed by atoms with Crippen LogP contribution in [0.5, 0.6) is 5.75 Å². The predicted molar refractivity (Wildman–Crippen MR) is 140 cm³/mol. The Morgan fingerprint density at radius 3 is 2.49 bits per heavy atom. The lowest BCUT2D eigenvalue weighted by atomic mass is 9.54. The summed E-state index contributed by atoms with van der Waals surface area (Å²) in [6, 6.07) is 14.2. The van der Waals surface area contributed by atoms with Gasteiger partial charge in [-0.2, -0.15) is 0 Å². The zero-order valence-corrected chi connectivity index (χ0v) is 22.2. The molecule has 0 bridgehead atoms. The van der Waals surface area contributed by atoms with E-state index in [2.05, 4.69) is 37.4 Å². The molecule has 1 aliphatic heterocycles. The standard InChI is InChI=1S/C28H35Cl2NO4/c1-4-28-12-11-23(22-10-9-21(17-24(22)30)35-16-15-34-14-13-33-3)25(19-5-7-20(29)8-6-19)26(28)18(2)31-27(28)32/h5-10,17-18,23,25-26H,4,11-16H2,1-3H3,(H,31,32)/t18-,23+,25+,26+,28-/m1/s1. The van der Waals surface area contributed by atoms with Crippen LogP contribution in [0.15, 0.2) is 42.5 Å². The Labute approximate surface area is 218 Å². The summed E-state index contributed by atoms with van der Waals surface area (Å²) in [4.78, 5) is 13.1. The number of carbonyl (C=O) groups is 1. The van der Waals surface area contributed by atoms with Gasteiger partial charge in [0.2, 0.25) is 5.91 Å². The van der Waals surface area contributed by atoms with Gasteiger partial charge in [0.15, 0.2) is 0 Å². The lowest BCUT2D eigenvalue weighted by Crippen LogP contribution is -2.43. The van der Waals surface area contributed by atoms with Gasteiger partial charge in [-0.05, 0) is 73.4 Å². The summed E-state index contributed by atoms with van der Waals surface area (Å²) in [5.74, 6) is 1.43. The molecule has 2 fully saturated rings. The van der Waals surface area contributed by atoms with Crippen LogP contribution in [0.1, 0.15) is 56.1 Å². The first kappa shape index (κ1) is 26.3. The average Bonchev–Trinajstić information content (AvgIpc) is 3.11. The third-order valence-corrected chi connectivity index (χ3v) is 8.47. The molecular weight excluding hydrogens is 485 g/mol. The Hall–Kier alpha value is -1.79. The molecule has 1 saturated heterocycles. The maximum absolute atomic E-state index is 13.1. The molecule has 0 radical (unpaired) electrons. The van der Waals surface area contributed by atoms with Crippen molar-refractivity contribution in [3.8, 4) is 5.75 Å². The molecule has 0 spiro atoms. The van der Waals surface area contributed by atoms with Gasteiger partial charge in [0.05, 0.1) is 25.2 Å². The van der Waals surface area contributed by atoms with Crippen molar-refractivity contribution in [2.75, 3.05) is 33.5 Å². The van der Waals surface area contributed by atoms with Crippen LogP contribution in [0.3, 0.4) is 0 Å². The molecule has 2 aromatic carbocycles. The van der Waals surface area contributed by atoms with Crippen LogP contribution in [0.2, 0.25) is 10.0 Å². The number of methoxy groups -OCH3 is 1. The number of halogens is 2. The number of benzene rings is 2. The van der Waals surface area contributed by atoms with E-state index in [4.69, 9.17) is 37.4 Å². The van der Waals surface area contributed by atoms with Crippen molar-refractivity contribution in [1.29, 1.82) is 0 Å². The molecule has 1 N–H and O–H groups in total. The van der Waals surface area contributed by atoms with Crippen molar-refractivity contribution in [1.82, 2.24) is 5.32 Å². The zero-order chi connectivity index (χ0) is 25.0. The van der Waals surface area contributed by atoms with Gasteiger partial charge in [-0.3, -0.25) is 4.79 Å². The van der Waals surface area contributed by atoms with Crippen molar-refractivity contribution >= 4 is 29.1 Å². The van der Waals surface area contributed by atoms with Crippen molar-refractivity contribution in [2.24, 2.45) is 11.3 Å². The summed E-state index contributed by atoms with van der Waals surface area (Å²) in [5.41, 5.74) is 1.96. The SMILES string of the molecule is CC[C@@]12CC[C@@H](c3ccc(OCCOCCOC)cc3Cl)[C@H](c3ccc(Cl)cc3)[C@@H]1[C@@H](C)NC2=O. The Morgan fingerprint density at radius 2 is 1.80 bits per heavy atom. The number of carbonyl (C=O) groups excluding carboxylic acids is 1. The Balaban J connectivity index is 1.60. The van der Waals surface area contributed by atoms with Gasteiger partial charge < -0.3 is 19.5 Å². The van der Waals surface area contributed by atoms with Crippen LogP contribution < -0.4 is 10.1 Å². The van der Waals surface area contributed by atoms with Crippen LogP contribution in [-0.2, 0) is 14.3 Å². The maximum Gasteiger partial charge on any atom is 0.226 e. The predicted octanol–water partition coefficient (Wildman–Crippen LogP) is 6.23. The summed E-state index contributed by atoms with van der Waals surface area (Å²) >= 11 is 13.1. The molecule has 2 aromatic rings. The molecule has 190 valence electrons. The quantitative estimate of drug-likeness (QED) is 0.378. The molecule has 2 aliphatic rings. The molecule has 5 nitrogen and oxygen atoms in total. The number of amides is 1. The van der Waals surface area contributed by atoms with E-state index < -0.39 is 0 Å². The minimum absolute atomic E-state index is 0.0884. The van der Waals surface area contributed by atoms with Gasteiger partial charge in [-0.25, -0.2) is 0 Å². The Morgan fingerprint density at radius 1 is 1.06 bits per heavy atom. The van der Waals surface area contributed by atoms with Crippen molar-refractivity contribution < 1.29 is 19.0 Å². The fourth-order valence-corrected chi connectivity index (χ4v) is 6.69. The van der Waals surface area contributed by atoms with Crippen LogP contribution in [-0.4, -0.2) is 45.5 Å². The van der Waals surface area contributed by atoms with E-state index in [1.54, 1.807) is 7.11 Å². The molecule has 5 atom stereocenters. The van der Waals surface area contributed by atoms with Gasteiger partial charge in [0, 0.05) is 29.1 Å². The highest BCUT2D eigenvalue weighted by Gasteiger charge is 2.59. The van der Waals surface area contributed by atoms with Crippen molar-refractivity contribution in [2.45, 2.75) is 51.0 Å². The highest BCUT2D eigenvalue weighted by Crippen LogP contribution is 2.60. The molecule has 1 amide bonds. The number of ether oxygens (including phenoxy) is 3. The lowest BCUT2D eigenvalue weighted by molar-refractivity contribution is -0.131. The van der Waals surface area contributed by atoms with Crippen LogP contribution in [0.25, 0.3) is 0 Å². The monoisotopic (exact) mass is 519 g/mol. The Bertz CT molecular complexity index is 1010. The third kappa shape index (κ3) is 5.34. The summed E-state index contributed by atoms with van der Waals surface area (Å²) in [6.07, 6.45) is 2.58. The van der Waals surface area contributed by atoms with Crippen LogP contribution in [0.4, 0.5) is 0 Å². The summed E-state index contributed by atoms with van der Waals surface area (Å²) in [6.45, 7) is 6.33. The minimum Gasteiger partial charge on any atom is -0.491 e. The summed E-state index contributed by atoms with van der Waals surface area (Å²) in [5, 5.41) is 4.67. The normalized spacial score (nSPS) is 28.0. The van der Waals surface area contributed by atoms with Crippen LogP contribution in [0, 0.1) is 11.3 Å². The van der Waals surface area contributed by atoms with Gasteiger partial charge in [-0.1, -0.05) is 48.3 Å². The van der Waals surface area contributed by atoms with Gasteiger partial charge in [0.25, 0.3) is 0 Å². The van der Waals surface area contributed by atoms with E-state index in [0.717, 1.165) is 30.6 Å². The molecule has 0 unspecified atom stereocenters. The second-order valence-electron chi connectivity index (χ2n) is 9.66. The number of hydrogen-bond acceptors (Lipinski definition) is 4. The fraction of sp³-hybridized carbons (Fsp3) is 0.536. The largest absolute Gasteiger partial charge is 0.491 e. The summed E-state index contributed by atoms with van der Waals surface area (Å²) in [7, 11) is 1.65. The first-order valence-corrected chi connectivity index (χ1v) is 13.2. The second kappa shape index (κ2) is 11.5. The van der Waals surface area contributed by atoms with E-state index >= 15 is 0 Å². The highest BCUT2D eigenvalue weighted by molar-refractivity contribution is 6.31. The molecule has 4 rings (SSSR count). The number of rotatable bonds is 10. The smallest absolute Gasteiger partial charge is 0.226 e. The van der Waals surface area contributed by atoms with E-state index in [0.29, 0.717) is 36.5 Å². The first-order chi connectivity index (χ1) is 16.9. The van der Waals surface area contributed by atoms with E-state index in [1.807, 2.05) is 24.3 Å². The van der Waals surface area contributed by atoms with E-state index in [9.17, 15) is 4.79 Å². The molecule has 0 aromatic heterocycles. The molecule has 7 heteroatoms. The van der Waals surface area contributed by atoms with Crippen LogP contribution >= 0.6 is 23.2 Å².